The van der Waals surface area contributed by atoms with Crippen molar-refractivity contribution in [3.05, 3.63) is 88.0 Å². The number of hydrogen-bond donors (Lipinski definition) is 1. The molecule has 1 N–H and O–H groups in total. The van der Waals surface area contributed by atoms with Gasteiger partial charge in [-0.15, -0.1) is 0 Å². The van der Waals surface area contributed by atoms with Crippen molar-refractivity contribution in [1.29, 1.82) is 0 Å². The highest BCUT2D eigenvalue weighted by molar-refractivity contribution is 9.10. The number of nitrogens with one attached hydrogen (secondary N) is 1. The molecule has 156 valence electrons. The molecule has 7 heteroatoms. The van der Waals surface area contributed by atoms with E-state index in [1.165, 1.54) is 0 Å². The van der Waals surface area contributed by atoms with Crippen molar-refractivity contribution < 1.29 is 13.9 Å². The Labute approximate surface area is 187 Å². The molecule has 0 aliphatic carbocycles. The van der Waals surface area contributed by atoms with Gasteiger partial charge in [0.2, 0.25) is 5.55 Å². The molecule has 31 heavy (non-hydrogen) atoms. The molecule has 0 saturated heterocycles. The lowest BCUT2D eigenvalue weighted by Crippen LogP contribution is -2.22. The zero-order valence-corrected chi connectivity index (χ0v) is 18.6. The van der Waals surface area contributed by atoms with Gasteiger partial charge in [0, 0.05) is 15.6 Å². The number of aromatic nitrogens is 1. The predicted molar refractivity (Wildman–Crippen MR) is 124 cm³/mol. The summed E-state index contributed by atoms with van der Waals surface area (Å²) in [6, 6.07) is 20.1. The standard InChI is InChI=1S/C24H20BrN3O3/c1-3-30-19-10-8-18(9-11-19)27-24-20(14-16-13-17(25)7-12-21(16)31-24)23(29)28-22-6-4-5-15(2)26-22/h4-14H,3H2,1-2H3,(H,26,28,29). The minimum absolute atomic E-state index is 0.212. The molecule has 0 aliphatic rings. The topological polar surface area (TPSA) is 76.7 Å². The summed E-state index contributed by atoms with van der Waals surface area (Å²) in [5.41, 5.74) is 2.60. The van der Waals surface area contributed by atoms with Crippen LogP contribution in [-0.2, 0) is 0 Å². The lowest BCUT2D eigenvalue weighted by molar-refractivity contribution is 0.102. The van der Waals surface area contributed by atoms with E-state index in [2.05, 4.69) is 31.2 Å². The number of halogens is 1. The number of hydrogen-bond acceptors (Lipinski definition) is 5. The van der Waals surface area contributed by atoms with Crippen LogP contribution < -0.4 is 15.6 Å². The second-order valence-corrected chi connectivity index (χ2v) is 7.72. The second kappa shape index (κ2) is 9.14. The number of anilines is 1. The van der Waals surface area contributed by atoms with E-state index in [0.717, 1.165) is 21.3 Å². The number of aryl methyl sites for hydroxylation is 1. The summed E-state index contributed by atoms with van der Waals surface area (Å²) in [5.74, 6) is 0.866. The van der Waals surface area contributed by atoms with Crippen molar-refractivity contribution in [2.45, 2.75) is 13.8 Å². The fraction of sp³-hybridized carbons (Fsp3) is 0.125. The third kappa shape index (κ3) is 5.00. The normalized spacial score (nSPS) is 11.5. The Morgan fingerprint density at radius 3 is 2.68 bits per heavy atom. The zero-order valence-electron chi connectivity index (χ0n) is 17.1. The third-order valence-corrected chi connectivity index (χ3v) is 4.95. The Morgan fingerprint density at radius 1 is 1.13 bits per heavy atom. The van der Waals surface area contributed by atoms with Crippen LogP contribution in [0.15, 0.2) is 80.6 Å². The molecule has 4 rings (SSSR count). The van der Waals surface area contributed by atoms with E-state index in [1.54, 1.807) is 12.1 Å². The van der Waals surface area contributed by atoms with Crippen LogP contribution in [0.1, 0.15) is 23.0 Å². The maximum absolute atomic E-state index is 13.1. The predicted octanol–water partition coefficient (Wildman–Crippen LogP) is 5.78. The Kier molecular flexibility index (Phi) is 6.13. The maximum atomic E-state index is 13.1. The molecule has 2 heterocycles. The molecule has 4 aromatic rings. The summed E-state index contributed by atoms with van der Waals surface area (Å²) in [6.07, 6.45) is 0. The first-order chi connectivity index (χ1) is 15.0. The highest BCUT2D eigenvalue weighted by Crippen LogP contribution is 2.21. The average Bonchev–Trinajstić information content (AvgIpc) is 2.75. The number of ether oxygens (including phenoxy) is 1. The Bertz CT molecular complexity index is 1310. The molecule has 2 aromatic heterocycles. The van der Waals surface area contributed by atoms with Gasteiger partial charge >= 0.3 is 0 Å². The van der Waals surface area contributed by atoms with E-state index in [1.807, 2.05) is 68.4 Å². The first-order valence-corrected chi connectivity index (χ1v) is 10.6. The summed E-state index contributed by atoms with van der Waals surface area (Å²) in [7, 11) is 0. The van der Waals surface area contributed by atoms with Crippen LogP contribution in [0.4, 0.5) is 11.5 Å². The molecule has 0 saturated carbocycles. The van der Waals surface area contributed by atoms with Gasteiger partial charge < -0.3 is 14.5 Å². The number of rotatable bonds is 5. The molecule has 0 radical (unpaired) electrons. The summed E-state index contributed by atoms with van der Waals surface area (Å²) >= 11 is 3.46. The van der Waals surface area contributed by atoms with Crippen molar-refractivity contribution in [2.75, 3.05) is 11.9 Å². The Balaban J connectivity index is 1.80. The van der Waals surface area contributed by atoms with Crippen LogP contribution in [0.5, 0.6) is 5.75 Å². The van der Waals surface area contributed by atoms with Gasteiger partial charge in [-0.3, -0.25) is 4.79 Å². The largest absolute Gasteiger partial charge is 0.494 e. The van der Waals surface area contributed by atoms with Crippen molar-refractivity contribution in [2.24, 2.45) is 4.99 Å². The molecule has 0 aliphatic heterocycles. The SMILES string of the molecule is CCOc1ccc(N=c2oc3ccc(Br)cc3cc2C(=O)Nc2cccc(C)n2)cc1. The van der Waals surface area contributed by atoms with Crippen molar-refractivity contribution in [3.8, 4) is 5.75 Å². The van der Waals surface area contributed by atoms with E-state index in [9.17, 15) is 4.79 Å². The van der Waals surface area contributed by atoms with E-state index in [4.69, 9.17) is 9.15 Å². The van der Waals surface area contributed by atoms with Crippen LogP contribution in [0.3, 0.4) is 0 Å². The van der Waals surface area contributed by atoms with Crippen LogP contribution in [-0.4, -0.2) is 17.5 Å². The van der Waals surface area contributed by atoms with Gasteiger partial charge in [-0.25, -0.2) is 9.98 Å². The zero-order chi connectivity index (χ0) is 21.8. The molecule has 6 nitrogen and oxygen atoms in total. The number of fused-ring (bicyclic) bond motifs is 1. The van der Waals surface area contributed by atoms with Gasteiger partial charge in [0.1, 0.15) is 22.7 Å². The lowest BCUT2D eigenvalue weighted by Gasteiger charge is -2.07. The second-order valence-electron chi connectivity index (χ2n) is 6.80. The fourth-order valence-corrected chi connectivity index (χ4v) is 3.42. The summed E-state index contributed by atoms with van der Waals surface area (Å²) in [5, 5.41) is 3.61. The smallest absolute Gasteiger partial charge is 0.262 e. The Morgan fingerprint density at radius 2 is 1.94 bits per heavy atom. The molecular weight excluding hydrogens is 458 g/mol. The van der Waals surface area contributed by atoms with Gasteiger partial charge in [0.05, 0.1) is 12.3 Å². The van der Waals surface area contributed by atoms with Crippen molar-refractivity contribution in [3.63, 3.8) is 0 Å². The third-order valence-electron chi connectivity index (χ3n) is 4.46. The molecule has 0 atom stereocenters. The number of pyridine rings is 1. The highest BCUT2D eigenvalue weighted by atomic mass is 79.9. The Hall–Kier alpha value is -3.45. The summed E-state index contributed by atoms with van der Waals surface area (Å²) in [6.45, 7) is 4.38. The number of amides is 1. The maximum Gasteiger partial charge on any atom is 0.262 e. The van der Waals surface area contributed by atoms with E-state index < -0.39 is 0 Å². The first kappa shape index (κ1) is 20.8. The number of benzene rings is 2. The van der Waals surface area contributed by atoms with Crippen molar-refractivity contribution in [1.82, 2.24) is 4.98 Å². The molecule has 2 aromatic carbocycles. The minimum atomic E-state index is -0.353. The van der Waals surface area contributed by atoms with Gasteiger partial charge in [-0.05, 0) is 74.5 Å². The fourth-order valence-electron chi connectivity index (χ4n) is 3.04. The van der Waals surface area contributed by atoms with Crippen LogP contribution in [0.25, 0.3) is 11.0 Å². The highest BCUT2D eigenvalue weighted by Gasteiger charge is 2.14. The molecular formula is C24H20BrN3O3. The van der Waals surface area contributed by atoms with E-state index in [0.29, 0.717) is 29.3 Å². The molecule has 1 amide bonds. The van der Waals surface area contributed by atoms with Crippen LogP contribution >= 0.6 is 15.9 Å². The molecule has 0 unspecified atom stereocenters. The van der Waals surface area contributed by atoms with Gasteiger partial charge in [-0.2, -0.15) is 0 Å². The van der Waals surface area contributed by atoms with Gasteiger partial charge in [-0.1, -0.05) is 22.0 Å². The average molecular weight is 478 g/mol. The first-order valence-electron chi connectivity index (χ1n) is 9.78. The van der Waals surface area contributed by atoms with Gasteiger partial charge in [0.15, 0.2) is 0 Å². The summed E-state index contributed by atoms with van der Waals surface area (Å²) < 4.78 is 12.4. The van der Waals surface area contributed by atoms with Crippen LogP contribution in [0, 0.1) is 6.92 Å². The van der Waals surface area contributed by atoms with Crippen molar-refractivity contribution >= 4 is 44.3 Å². The number of carbonyl (C=O) groups excluding carboxylic acids is 1. The van der Waals surface area contributed by atoms with E-state index in [-0.39, 0.29) is 11.5 Å². The number of nitrogens with zero attached hydrogens (tertiary/aromatic N) is 2. The molecule has 0 fully saturated rings. The monoisotopic (exact) mass is 477 g/mol. The lowest BCUT2D eigenvalue weighted by atomic mass is 10.1. The van der Waals surface area contributed by atoms with Gasteiger partial charge in [0.25, 0.3) is 5.91 Å². The van der Waals surface area contributed by atoms with Crippen LogP contribution in [0.2, 0.25) is 0 Å². The number of carbonyl (C=O) groups is 1. The quantitative estimate of drug-likeness (QED) is 0.395. The molecule has 0 spiro atoms. The molecule has 0 bridgehead atoms. The summed E-state index contributed by atoms with van der Waals surface area (Å²) in [4.78, 5) is 22.0. The minimum Gasteiger partial charge on any atom is -0.494 e. The van der Waals surface area contributed by atoms with E-state index >= 15 is 0 Å².